The molecule has 0 aliphatic heterocycles. The van der Waals surface area contributed by atoms with E-state index in [2.05, 4.69) is 46.0 Å². The van der Waals surface area contributed by atoms with Gasteiger partial charge in [0.1, 0.15) is 5.75 Å². The number of benzene rings is 1. The van der Waals surface area contributed by atoms with Crippen LogP contribution >= 0.6 is 10.0 Å². The van der Waals surface area contributed by atoms with Crippen molar-refractivity contribution in [1.29, 1.82) is 0 Å². The van der Waals surface area contributed by atoms with Gasteiger partial charge in [0.25, 0.3) is 0 Å². The highest BCUT2D eigenvalue weighted by molar-refractivity contribution is 8.35. The van der Waals surface area contributed by atoms with Crippen LogP contribution in [0, 0.1) is 18.1 Å². The summed E-state index contributed by atoms with van der Waals surface area (Å²) in [5.41, 5.74) is 4.02. The molecule has 2 aromatic heterocycles. The Kier molecular flexibility index (Phi) is 3.54. The number of hydrogen-bond donors (Lipinski definition) is 1. The maximum absolute atomic E-state index is 5.52. The van der Waals surface area contributed by atoms with Gasteiger partial charge in [-0.1, -0.05) is 5.92 Å². The van der Waals surface area contributed by atoms with Gasteiger partial charge < -0.3 is 9.72 Å². The van der Waals surface area contributed by atoms with Crippen LogP contribution in [0.2, 0.25) is 0 Å². The normalized spacial score (nSPS) is 12.2. The summed E-state index contributed by atoms with van der Waals surface area (Å²) in [6.45, 7) is 2.01. The lowest BCUT2D eigenvalue weighted by Crippen LogP contribution is -1.91. The van der Waals surface area contributed by atoms with Gasteiger partial charge in [0.05, 0.1) is 29.4 Å². The zero-order valence-corrected chi connectivity index (χ0v) is 14.4. The molecule has 0 bridgehead atoms. The van der Waals surface area contributed by atoms with Crippen LogP contribution in [-0.2, 0) is 0 Å². The highest BCUT2D eigenvalue weighted by Crippen LogP contribution is 2.35. The fourth-order valence-electron chi connectivity index (χ4n) is 2.51. The van der Waals surface area contributed by atoms with Crippen LogP contribution in [0.15, 0.2) is 24.4 Å². The second kappa shape index (κ2) is 5.26. The molecule has 0 spiro atoms. The van der Waals surface area contributed by atoms with Crippen molar-refractivity contribution in [2.45, 2.75) is 6.92 Å². The lowest BCUT2D eigenvalue weighted by Gasteiger charge is -2.15. The number of rotatable bonds is 1. The molecule has 0 saturated heterocycles. The zero-order chi connectivity index (χ0) is 15.9. The van der Waals surface area contributed by atoms with Crippen LogP contribution < -0.4 is 4.74 Å². The predicted octanol–water partition coefficient (Wildman–Crippen LogP) is 4.04. The number of nitrogens with zero attached hydrogens (tertiary/aromatic N) is 1. The molecule has 0 amide bonds. The molecule has 22 heavy (non-hydrogen) atoms. The van der Waals surface area contributed by atoms with Crippen LogP contribution in [0.25, 0.3) is 21.8 Å². The molecule has 1 aromatic carbocycles. The van der Waals surface area contributed by atoms with Gasteiger partial charge in [-0.25, -0.2) is 0 Å². The lowest BCUT2D eigenvalue weighted by atomic mass is 10.1. The number of aryl methyl sites for hydroxylation is 1. The molecule has 0 aliphatic carbocycles. The van der Waals surface area contributed by atoms with Gasteiger partial charge in [-0.3, -0.25) is 4.98 Å². The number of nitrogens with one attached hydrogen (secondary N) is 1. The molecule has 0 radical (unpaired) electrons. The average Bonchev–Trinajstić information content (AvgIpc) is 2.84. The molecule has 0 atom stereocenters. The Labute approximate surface area is 132 Å². The number of methoxy groups -OCH3 is 1. The van der Waals surface area contributed by atoms with Crippen LogP contribution in [0.5, 0.6) is 5.75 Å². The minimum atomic E-state index is -0.897. The second-order valence-corrected chi connectivity index (χ2v) is 9.95. The summed E-state index contributed by atoms with van der Waals surface area (Å²) in [6.07, 6.45) is 8.41. The van der Waals surface area contributed by atoms with E-state index in [9.17, 15) is 0 Å². The van der Waals surface area contributed by atoms with E-state index < -0.39 is 10.0 Å². The van der Waals surface area contributed by atoms with Crippen molar-refractivity contribution in [3.05, 3.63) is 35.7 Å². The summed E-state index contributed by atoms with van der Waals surface area (Å²) in [7, 11) is 0.789. The van der Waals surface area contributed by atoms with Gasteiger partial charge in [0.2, 0.25) is 0 Å². The van der Waals surface area contributed by atoms with Crippen molar-refractivity contribution in [2.75, 3.05) is 25.9 Å². The summed E-state index contributed by atoms with van der Waals surface area (Å²) >= 11 is 0. The first-order chi connectivity index (χ1) is 10.4. The van der Waals surface area contributed by atoms with E-state index in [0.717, 1.165) is 33.4 Å². The maximum Gasteiger partial charge on any atom is 0.136 e. The van der Waals surface area contributed by atoms with E-state index in [1.165, 1.54) is 5.39 Å². The number of fused-ring (bicyclic) bond motifs is 3. The average molecular weight is 312 g/mol. The van der Waals surface area contributed by atoms with Crippen LogP contribution in [0.3, 0.4) is 0 Å². The molecule has 0 saturated carbocycles. The Morgan fingerprint density at radius 3 is 2.50 bits per heavy atom. The quantitative estimate of drug-likeness (QED) is 0.689. The fraction of sp³-hybridized carbons (Fsp3) is 0.278. The van der Waals surface area contributed by atoms with Crippen molar-refractivity contribution in [1.82, 2.24) is 9.97 Å². The van der Waals surface area contributed by atoms with Gasteiger partial charge in [0.15, 0.2) is 0 Å². The highest BCUT2D eigenvalue weighted by atomic mass is 32.3. The maximum atomic E-state index is 5.52. The molecule has 3 nitrogen and oxygen atoms in total. The first-order valence-corrected chi connectivity index (χ1v) is 9.91. The Morgan fingerprint density at radius 2 is 1.82 bits per heavy atom. The largest absolute Gasteiger partial charge is 0.495 e. The van der Waals surface area contributed by atoms with E-state index in [1.807, 2.05) is 25.3 Å². The summed E-state index contributed by atoms with van der Waals surface area (Å²) in [4.78, 5) is 7.86. The minimum Gasteiger partial charge on any atom is -0.495 e. The molecule has 2 heterocycles. The zero-order valence-electron chi connectivity index (χ0n) is 13.6. The smallest absolute Gasteiger partial charge is 0.136 e. The molecule has 0 aliphatic rings. The van der Waals surface area contributed by atoms with E-state index in [4.69, 9.17) is 4.74 Å². The molecule has 0 unspecified atom stereocenters. The molecule has 1 N–H and O–H groups in total. The molecular weight excluding hydrogens is 292 g/mol. The summed E-state index contributed by atoms with van der Waals surface area (Å²) in [6, 6.07) is 6.12. The number of aromatic nitrogens is 2. The van der Waals surface area contributed by atoms with Gasteiger partial charge >= 0.3 is 0 Å². The van der Waals surface area contributed by atoms with E-state index in [1.54, 1.807) is 7.11 Å². The van der Waals surface area contributed by atoms with Crippen LogP contribution in [-0.4, -0.2) is 35.8 Å². The summed E-state index contributed by atoms with van der Waals surface area (Å²) < 4.78 is 5.52. The van der Waals surface area contributed by atoms with Crippen molar-refractivity contribution < 1.29 is 4.74 Å². The SMILES string of the molecule is COc1ccc2c([nH]c3c(C)nccc32)c1C#CS(C)(C)C. The van der Waals surface area contributed by atoms with Crippen molar-refractivity contribution in [3.63, 3.8) is 0 Å². The molecule has 3 aromatic rings. The predicted molar refractivity (Wildman–Crippen MR) is 97.1 cm³/mol. The first kappa shape index (κ1) is 14.8. The summed E-state index contributed by atoms with van der Waals surface area (Å²) in [5.74, 6) is 4.14. The third kappa shape index (κ3) is 2.53. The standard InChI is InChI=1S/C18H20N2OS/c1-12-17-14(8-10-19-12)13-6-7-16(21-2)15(18(13)20-17)9-11-22(3,4)5/h6-8,10,20H,1-5H3. The molecule has 4 heteroatoms. The Balaban J connectivity index is 2.39. The second-order valence-electron chi connectivity index (χ2n) is 6.07. The monoisotopic (exact) mass is 312 g/mol. The molecular formula is C18H20N2OS. The lowest BCUT2D eigenvalue weighted by molar-refractivity contribution is 0.414. The Bertz CT molecular complexity index is 923. The first-order valence-electron chi connectivity index (χ1n) is 7.06. The number of ether oxygens (including phenoxy) is 1. The number of pyridine rings is 1. The number of H-pyrrole nitrogens is 1. The molecule has 3 rings (SSSR count). The Hall–Kier alpha value is -2.12. The van der Waals surface area contributed by atoms with E-state index in [-0.39, 0.29) is 0 Å². The fourth-order valence-corrected chi connectivity index (χ4v) is 2.92. The van der Waals surface area contributed by atoms with Gasteiger partial charge in [-0.15, -0.1) is 0 Å². The third-order valence-corrected chi connectivity index (χ3v) is 4.26. The topological polar surface area (TPSA) is 37.9 Å². The van der Waals surface area contributed by atoms with Gasteiger partial charge in [-0.2, -0.15) is 10.0 Å². The van der Waals surface area contributed by atoms with Crippen molar-refractivity contribution >= 4 is 31.8 Å². The Morgan fingerprint density at radius 1 is 1.09 bits per heavy atom. The van der Waals surface area contributed by atoms with Gasteiger partial charge in [-0.05, 0) is 49.1 Å². The number of hydrogen-bond acceptors (Lipinski definition) is 2. The van der Waals surface area contributed by atoms with E-state index in [0.29, 0.717) is 0 Å². The van der Waals surface area contributed by atoms with Crippen LogP contribution in [0.4, 0.5) is 0 Å². The third-order valence-electron chi connectivity index (χ3n) is 3.55. The van der Waals surface area contributed by atoms with Crippen molar-refractivity contribution in [2.24, 2.45) is 0 Å². The molecule has 0 fully saturated rings. The van der Waals surface area contributed by atoms with Gasteiger partial charge in [0, 0.05) is 17.0 Å². The van der Waals surface area contributed by atoms with Crippen molar-refractivity contribution in [3.8, 4) is 16.9 Å². The number of aromatic amines is 1. The van der Waals surface area contributed by atoms with E-state index >= 15 is 0 Å². The molecule has 114 valence electrons. The summed E-state index contributed by atoms with van der Waals surface area (Å²) in [5, 5.41) is 5.72. The minimum absolute atomic E-state index is 0.806. The highest BCUT2D eigenvalue weighted by Gasteiger charge is 2.13. The van der Waals surface area contributed by atoms with Crippen LogP contribution in [0.1, 0.15) is 11.3 Å².